The summed E-state index contributed by atoms with van der Waals surface area (Å²) in [5.41, 5.74) is 3.72. The molecular formula is C27H23FN6O2. The molecular weight excluding hydrogens is 459 g/mol. The molecule has 0 spiro atoms. The number of aromatic nitrogens is 6. The van der Waals surface area contributed by atoms with Crippen molar-refractivity contribution < 1.29 is 14.3 Å². The summed E-state index contributed by atoms with van der Waals surface area (Å²) in [6, 6.07) is 5.09. The fraction of sp³-hybridized carbons (Fsp3) is 0.296. The van der Waals surface area contributed by atoms with Gasteiger partial charge in [0.2, 0.25) is 0 Å². The first-order valence-electron chi connectivity index (χ1n) is 12.2. The van der Waals surface area contributed by atoms with Gasteiger partial charge in [0, 0.05) is 58.4 Å². The van der Waals surface area contributed by atoms with Crippen LogP contribution in [0, 0.1) is 23.6 Å². The quantitative estimate of drug-likeness (QED) is 0.363. The Labute approximate surface area is 205 Å². The summed E-state index contributed by atoms with van der Waals surface area (Å²) in [4.78, 5) is 33.5. The summed E-state index contributed by atoms with van der Waals surface area (Å²) in [5.74, 6) is -0.759. The van der Waals surface area contributed by atoms with Gasteiger partial charge in [-0.05, 0) is 49.7 Å². The summed E-state index contributed by atoms with van der Waals surface area (Å²) in [6.45, 7) is 0. The van der Waals surface area contributed by atoms with Crippen molar-refractivity contribution in [3.05, 3.63) is 61.2 Å². The van der Waals surface area contributed by atoms with Crippen LogP contribution < -0.4 is 0 Å². The highest BCUT2D eigenvalue weighted by Crippen LogP contribution is 2.52. The number of H-pyrrole nitrogens is 1. The highest BCUT2D eigenvalue weighted by Gasteiger charge is 2.48. The molecule has 36 heavy (non-hydrogen) atoms. The molecule has 5 heterocycles. The van der Waals surface area contributed by atoms with Crippen LogP contribution in [0.2, 0.25) is 0 Å². The van der Waals surface area contributed by atoms with E-state index in [1.807, 2.05) is 18.3 Å². The molecule has 8 nitrogen and oxygen atoms in total. The second kappa shape index (κ2) is 7.94. The number of carboxylic acids is 1. The molecule has 3 saturated carbocycles. The van der Waals surface area contributed by atoms with E-state index in [-0.39, 0.29) is 17.9 Å². The Morgan fingerprint density at radius 2 is 1.89 bits per heavy atom. The van der Waals surface area contributed by atoms with Crippen molar-refractivity contribution >= 4 is 28.0 Å². The molecule has 3 fully saturated rings. The zero-order valence-corrected chi connectivity index (χ0v) is 19.3. The van der Waals surface area contributed by atoms with Gasteiger partial charge in [0.25, 0.3) is 0 Å². The van der Waals surface area contributed by atoms with E-state index in [2.05, 4.69) is 24.5 Å². The topological polar surface area (TPSA) is 110 Å². The monoisotopic (exact) mass is 482 g/mol. The third-order valence-corrected chi connectivity index (χ3v) is 8.06. The average molecular weight is 483 g/mol. The average Bonchev–Trinajstić information content (AvgIpc) is 3.50. The van der Waals surface area contributed by atoms with E-state index in [0.717, 1.165) is 42.2 Å². The van der Waals surface area contributed by atoms with Crippen LogP contribution >= 0.6 is 0 Å². The molecule has 8 rings (SSSR count). The van der Waals surface area contributed by atoms with E-state index in [4.69, 9.17) is 4.98 Å². The highest BCUT2D eigenvalue weighted by molar-refractivity contribution is 5.96. The largest absolute Gasteiger partial charge is 0.481 e. The van der Waals surface area contributed by atoms with Crippen molar-refractivity contribution in [2.45, 2.75) is 31.7 Å². The van der Waals surface area contributed by atoms with Crippen LogP contribution in [0.15, 0.2) is 55.4 Å². The standard InChI is InChI=1S/C27H23FN6O2/c28-17-8-18-19(11-31-24(18)30-10-17)25-32-12-20-21(16-2-1-7-29-9-16)13-34(26(20)33-25)23-15-5-3-14(4-6-15)22(23)27(35)36/h1-2,7-15,22-23H,3-6H2,(H,30,31)(H,35,36)/t14?,15?,22-,23-/m0/s1. The smallest absolute Gasteiger partial charge is 0.308 e. The first-order chi connectivity index (χ1) is 17.6. The Morgan fingerprint density at radius 1 is 1.06 bits per heavy atom. The van der Waals surface area contributed by atoms with Crippen LogP contribution in [0.1, 0.15) is 31.7 Å². The van der Waals surface area contributed by atoms with Crippen molar-refractivity contribution in [3.8, 4) is 22.5 Å². The highest BCUT2D eigenvalue weighted by atomic mass is 19.1. The van der Waals surface area contributed by atoms with Crippen LogP contribution in [-0.2, 0) is 4.79 Å². The van der Waals surface area contributed by atoms with Gasteiger partial charge in [-0.15, -0.1) is 0 Å². The number of hydrogen-bond donors (Lipinski definition) is 2. The molecule has 0 unspecified atom stereocenters. The van der Waals surface area contributed by atoms with Gasteiger partial charge < -0.3 is 14.7 Å². The maximum atomic E-state index is 14.0. The Balaban J connectivity index is 1.47. The number of hydrogen-bond acceptors (Lipinski definition) is 5. The van der Waals surface area contributed by atoms with Crippen molar-refractivity contribution in [1.29, 1.82) is 0 Å². The van der Waals surface area contributed by atoms with E-state index < -0.39 is 17.7 Å². The van der Waals surface area contributed by atoms with E-state index in [1.54, 1.807) is 24.8 Å². The molecule has 0 aromatic carbocycles. The molecule has 2 N–H and O–H groups in total. The van der Waals surface area contributed by atoms with Crippen molar-refractivity contribution in [3.63, 3.8) is 0 Å². The number of fused-ring (bicyclic) bond motifs is 5. The third-order valence-electron chi connectivity index (χ3n) is 8.06. The molecule has 5 aromatic rings. The molecule has 5 aromatic heterocycles. The Morgan fingerprint density at radius 3 is 2.67 bits per heavy atom. The summed E-state index contributed by atoms with van der Waals surface area (Å²) < 4.78 is 16.1. The lowest BCUT2D eigenvalue weighted by atomic mass is 9.61. The summed E-state index contributed by atoms with van der Waals surface area (Å²) in [7, 11) is 0. The van der Waals surface area contributed by atoms with Gasteiger partial charge in [0.15, 0.2) is 5.82 Å². The number of nitrogens with one attached hydrogen (secondary N) is 1. The van der Waals surface area contributed by atoms with E-state index in [1.165, 1.54) is 12.3 Å². The van der Waals surface area contributed by atoms with Crippen LogP contribution in [0.25, 0.3) is 44.6 Å². The molecule has 0 aliphatic heterocycles. The van der Waals surface area contributed by atoms with Crippen molar-refractivity contribution in [2.75, 3.05) is 0 Å². The second-order valence-electron chi connectivity index (χ2n) is 9.90. The molecule has 2 atom stereocenters. The molecule has 180 valence electrons. The fourth-order valence-electron chi connectivity index (χ4n) is 6.47. The van der Waals surface area contributed by atoms with Gasteiger partial charge in [-0.2, -0.15) is 0 Å². The van der Waals surface area contributed by atoms with Gasteiger partial charge in [0.1, 0.15) is 17.1 Å². The zero-order chi connectivity index (χ0) is 24.4. The number of carboxylic acid groups (broad SMARTS) is 1. The lowest BCUT2D eigenvalue weighted by Gasteiger charge is -2.47. The van der Waals surface area contributed by atoms with Crippen molar-refractivity contribution in [2.24, 2.45) is 17.8 Å². The van der Waals surface area contributed by atoms with Crippen LogP contribution in [0.4, 0.5) is 4.39 Å². The Kier molecular flexibility index (Phi) is 4.67. The van der Waals surface area contributed by atoms with E-state index in [0.29, 0.717) is 28.1 Å². The van der Waals surface area contributed by atoms with Crippen molar-refractivity contribution in [1.82, 2.24) is 29.5 Å². The normalized spacial score (nSPS) is 23.5. The van der Waals surface area contributed by atoms with Gasteiger partial charge in [-0.25, -0.2) is 19.3 Å². The molecule has 2 bridgehead atoms. The second-order valence-corrected chi connectivity index (χ2v) is 9.90. The van der Waals surface area contributed by atoms with Gasteiger partial charge in [-0.3, -0.25) is 9.78 Å². The minimum atomic E-state index is -0.744. The van der Waals surface area contributed by atoms with Gasteiger partial charge in [0.05, 0.1) is 18.2 Å². The number of rotatable bonds is 4. The Hall–Kier alpha value is -4.14. The first kappa shape index (κ1) is 21.2. The maximum absolute atomic E-state index is 14.0. The number of carbonyl (C=O) groups is 1. The lowest BCUT2D eigenvalue weighted by molar-refractivity contribution is -0.151. The number of halogens is 1. The Bertz CT molecular complexity index is 1620. The lowest BCUT2D eigenvalue weighted by Crippen LogP contribution is -2.44. The van der Waals surface area contributed by atoms with Gasteiger partial charge in [-0.1, -0.05) is 6.07 Å². The molecule has 3 aliphatic rings. The molecule has 9 heteroatoms. The number of aliphatic carboxylic acids is 1. The summed E-state index contributed by atoms with van der Waals surface area (Å²) >= 11 is 0. The predicted octanol–water partition coefficient (Wildman–Crippen LogP) is 5.24. The fourth-order valence-corrected chi connectivity index (χ4v) is 6.47. The number of nitrogens with zero attached hydrogens (tertiary/aromatic N) is 5. The van der Waals surface area contributed by atoms with Gasteiger partial charge >= 0.3 is 5.97 Å². The van der Waals surface area contributed by atoms with Crippen LogP contribution in [0.3, 0.4) is 0 Å². The molecule has 0 saturated heterocycles. The van der Waals surface area contributed by atoms with Crippen LogP contribution in [0.5, 0.6) is 0 Å². The molecule has 0 radical (unpaired) electrons. The first-order valence-corrected chi connectivity index (χ1v) is 12.2. The summed E-state index contributed by atoms with van der Waals surface area (Å²) in [5, 5.41) is 11.7. The minimum absolute atomic E-state index is 0.167. The SMILES string of the molecule is O=C(O)[C@H]1C2CCC(CC2)[C@@H]1n1cc(-c2cccnc2)c2cnc(-c3c[nH]c4ncc(F)cc34)nc21. The maximum Gasteiger partial charge on any atom is 0.308 e. The summed E-state index contributed by atoms with van der Waals surface area (Å²) in [6.07, 6.45) is 14.2. The van der Waals surface area contributed by atoms with E-state index in [9.17, 15) is 14.3 Å². The molecule has 3 aliphatic carbocycles. The number of pyridine rings is 2. The molecule has 0 amide bonds. The minimum Gasteiger partial charge on any atom is -0.481 e. The predicted molar refractivity (Wildman–Crippen MR) is 131 cm³/mol. The van der Waals surface area contributed by atoms with Crippen LogP contribution in [-0.4, -0.2) is 40.6 Å². The number of aromatic amines is 1. The zero-order valence-electron chi connectivity index (χ0n) is 19.3. The third kappa shape index (κ3) is 3.15. The van der Waals surface area contributed by atoms with E-state index >= 15 is 0 Å².